The van der Waals surface area contributed by atoms with Gasteiger partial charge in [-0.05, 0) is 43.1 Å². The Hall–Kier alpha value is -2.88. The monoisotopic (exact) mass is 444 g/mol. The minimum absolute atomic E-state index is 0.0162. The van der Waals surface area contributed by atoms with Gasteiger partial charge in [-0.3, -0.25) is 9.69 Å². The highest BCUT2D eigenvalue weighted by Gasteiger charge is 2.23. The number of ether oxygens (including phenoxy) is 1. The lowest BCUT2D eigenvalue weighted by Gasteiger charge is -2.22. The van der Waals surface area contributed by atoms with Crippen LogP contribution in [-0.2, 0) is 0 Å². The van der Waals surface area contributed by atoms with E-state index in [-0.39, 0.29) is 23.0 Å². The van der Waals surface area contributed by atoms with Crippen molar-refractivity contribution in [1.82, 2.24) is 4.90 Å². The van der Waals surface area contributed by atoms with Gasteiger partial charge in [-0.25, -0.2) is 0 Å². The fourth-order valence-corrected chi connectivity index (χ4v) is 3.45. The van der Waals surface area contributed by atoms with Crippen molar-refractivity contribution < 1.29 is 19.7 Å². The number of halogens is 1. The molecule has 0 saturated carbocycles. The highest BCUT2D eigenvalue weighted by Crippen LogP contribution is 2.37. The molecular weight excluding hydrogens is 416 g/mol. The van der Waals surface area contributed by atoms with E-state index in [0.717, 1.165) is 13.0 Å². The maximum Gasteiger partial charge on any atom is 0.261 e. The summed E-state index contributed by atoms with van der Waals surface area (Å²) in [5.74, 6) is 2.25. The van der Waals surface area contributed by atoms with Crippen molar-refractivity contribution >= 4 is 23.2 Å². The van der Waals surface area contributed by atoms with Crippen LogP contribution in [0, 0.1) is 12.3 Å². The summed E-state index contributed by atoms with van der Waals surface area (Å²) >= 11 is 6.51. The van der Waals surface area contributed by atoms with E-state index in [1.165, 1.54) is 17.0 Å². The molecule has 1 amide bonds. The molecule has 0 unspecified atom stereocenters. The van der Waals surface area contributed by atoms with E-state index in [2.05, 4.69) is 5.92 Å². The molecule has 0 fully saturated rings. The lowest BCUT2D eigenvalue weighted by Crippen LogP contribution is -2.27. The molecule has 0 saturated heterocycles. The molecule has 0 radical (unpaired) electrons. The van der Waals surface area contributed by atoms with Gasteiger partial charge in [0, 0.05) is 19.7 Å². The molecule has 0 spiro atoms. The number of terminal acetylenes is 1. The Morgan fingerprint density at radius 3 is 2.58 bits per heavy atom. The molecule has 166 valence electrons. The second kappa shape index (κ2) is 10.9. The van der Waals surface area contributed by atoms with E-state index in [0.29, 0.717) is 35.2 Å². The van der Waals surface area contributed by atoms with Gasteiger partial charge in [-0.1, -0.05) is 37.4 Å². The molecule has 0 bridgehead atoms. The molecule has 2 aromatic rings. The molecule has 0 aromatic heterocycles. The molecule has 0 aliphatic rings. The van der Waals surface area contributed by atoms with Crippen molar-refractivity contribution in [2.75, 3.05) is 38.7 Å². The topological polar surface area (TPSA) is 73.2 Å². The first-order valence-corrected chi connectivity index (χ1v) is 10.4. The summed E-state index contributed by atoms with van der Waals surface area (Å²) in [6, 6.07) is 7.89. The number of phenolic OH excluding ortho intramolecular Hbond substituents is 2. The number of anilines is 1. The van der Waals surface area contributed by atoms with Crippen LogP contribution in [0.15, 0.2) is 30.3 Å². The summed E-state index contributed by atoms with van der Waals surface area (Å²) in [5, 5.41) is 20.6. The molecule has 2 aromatic carbocycles. The maximum atomic E-state index is 13.1. The molecule has 31 heavy (non-hydrogen) atoms. The van der Waals surface area contributed by atoms with Crippen LogP contribution in [-0.4, -0.2) is 54.8 Å². The number of nitrogens with zero attached hydrogens (tertiary/aromatic N) is 2. The van der Waals surface area contributed by atoms with Gasteiger partial charge in [0.25, 0.3) is 5.91 Å². The molecule has 7 heteroatoms. The van der Waals surface area contributed by atoms with Gasteiger partial charge in [0.15, 0.2) is 0 Å². The first kappa shape index (κ1) is 24.4. The summed E-state index contributed by atoms with van der Waals surface area (Å²) in [4.78, 5) is 16.4. The predicted molar refractivity (Wildman–Crippen MR) is 124 cm³/mol. The quantitative estimate of drug-likeness (QED) is 0.440. The minimum Gasteiger partial charge on any atom is -0.508 e. The normalized spacial score (nSPS) is 10.9. The molecule has 0 atom stereocenters. The van der Waals surface area contributed by atoms with E-state index in [1.54, 1.807) is 25.2 Å². The van der Waals surface area contributed by atoms with Crippen LogP contribution in [0.2, 0.25) is 5.02 Å². The highest BCUT2D eigenvalue weighted by molar-refractivity contribution is 6.35. The van der Waals surface area contributed by atoms with Gasteiger partial charge in [0.05, 0.1) is 24.4 Å². The summed E-state index contributed by atoms with van der Waals surface area (Å²) in [5.41, 5.74) is 1.11. The van der Waals surface area contributed by atoms with E-state index in [1.807, 2.05) is 25.8 Å². The van der Waals surface area contributed by atoms with E-state index in [4.69, 9.17) is 22.8 Å². The Morgan fingerprint density at radius 1 is 1.23 bits per heavy atom. The highest BCUT2D eigenvalue weighted by atomic mass is 35.5. The fourth-order valence-electron chi connectivity index (χ4n) is 3.14. The van der Waals surface area contributed by atoms with Gasteiger partial charge >= 0.3 is 0 Å². The third-order valence-corrected chi connectivity index (χ3v) is 5.29. The lowest BCUT2D eigenvalue weighted by atomic mass is 9.98. The molecule has 2 N–H and O–H groups in total. The average Bonchev–Trinajstić information content (AvgIpc) is 2.71. The van der Waals surface area contributed by atoms with Crippen LogP contribution in [0.3, 0.4) is 0 Å². The zero-order chi connectivity index (χ0) is 23.1. The smallest absolute Gasteiger partial charge is 0.261 e. The lowest BCUT2D eigenvalue weighted by molar-refractivity contribution is 0.0990. The summed E-state index contributed by atoms with van der Waals surface area (Å²) in [7, 11) is 3.51. The molecule has 0 heterocycles. The Morgan fingerprint density at radius 2 is 1.94 bits per heavy atom. The van der Waals surface area contributed by atoms with E-state index >= 15 is 0 Å². The Bertz CT molecular complexity index is 969. The van der Waals surface area contributed by atoms with Crippen LogP contribution in [0.25, 0.3) is 0 Å². The van der Waals surface area contributed by atoms with Gasteiger partial charge in [0.2, 0.25) is 0 Å². The molecular formula is C24H29ClN2O4. The number of carbonyl (C=O) groups excluding carboxylic acids is 1. The largest absolute Gasteiger partial charge is 0.508 e. The van der Waals surface area contributed by atoms with Crippen LogP contribution in [0.4, 0.5) is 5.69 Å². The fraction of sp³-hybridized carbons (Fsp3) is 0.375. The molecule has 0 aliphatic heterocycles. The number of hydrogen-bond donors (Lipinski definition) is 2. The first-order chi connectivity index (χ1) is 14.7. The van der Waals surface area contributed by atoms with E-state index < -0.39 is 5.91 Å². The first-order valence-electron chi connectivity index (χ1n) is 10.0. The number of benzene rings is 2. The number of phenols is 2. The van der Waals surface area contributed by atoms with Crippen molar-refractivity contribution in [1.29, 1.82) is 0 Å². The van der Waals surface area contributed by atoms with Crippen molar-refractivity contribution in [2.45, 2.75) is 26.2 Å². The molecule has 0 aliphatic carbocycles. The van der Waals surface area contributed by atoms with Crippen molar-refractivity contribution in [3.63, 3.8) is 0 Å². The summed E-state index contributed by atoms with van der Waals surface area (Å²) in [6.45, 7) is 5.61. The zero-order valence-corrected chi connectivity index (χ0v) is 19.1. The summed E-state index contributed by atoms with van der Waals surface area (Å²) < 4.78 is 5.80. The van der Waals surface area contributed by atoms with Gasteiger partial charge in [-0.15, -0.1) is 6.42 Å². The van der Waals surface area contributed by atoms with Crippen LogP contribution in [0.1, 0.15) is 42.1 Å². The Balaban J connectivity index is 2.18. The molecule has 2 rings (SSSR count). The second-order valence-electron chi connectivity index (χ2n) is 7.68. The predicted octanol–water partition coefficient (Wildman–Crippen LogP) is 4.49. The van der Waals surface area contributed by atoms with Crippen molar-refractivity contribution in [2.24, 2.45) is 0 Å². The Labute approximate surface area is 189 Å². The second-order valence-corrected chi connectivity index (χ2v) is 8.06. The van der Waals surface area contributed by atoms with Crippen LogP contribution in [0.5, 0.6) is 17.2 Å². The van der Waals surface area contributed by atoms with Gasteiger partial charge in [0.1, 0.15) is 22.3 Å². The number of hydrogen-bond acceptors (Lipinski definition) is 5. The number of rotatable bonds is 9. The minimum atomic E-state index is -0.450. The third kappa shape index (κ3) is 6.06. The molecule has 6 nitrogen and oxygen atoms in total. The van der Waals surface area contributed by atoms with Crippen molar-refractivity contribution in [3.05, 3.63) is 46.5 Å². The zero-order valence-electron chi connectivity index (χ0n) is 18.4. The van der Waals surface area contributed by atoms with Gasteiger partial charge < -0.3 is 19.8 Å². The SMILES string of the molecule is C#CCN(C)CCCOc1cccc(N(C)C(=O)c2cc(C(C)C)c(O)cc2O)c1Cl. The van der Waals surface area contributed by atoms with E-state index in [9.17, 15) is 15.0 Å². The average molecular weight is 445 g/mol. The number of aromatic hydroxyl groups is 2. The Kier molecular flexibility index (Phi) is 8.61. The standard InChI is InChI=1S/C24H29ClN2O4/c1-6-11-26(4)12-8-13-31-22-10-7-9-19(23(22)25)27(5)24(30)18-14-17(16(2)3)20(28)15-21(18)29/h1,7,9-10,14-16,28-29H,8,11-13H2,2-5H3. The van der Waals surface area contributed by atoms with Crippen LogP contribution >= 0.6 is 11.6 Å². The number of amides is 1. The number of carbonyl (C=O) groups is 1. The summed E-state index contributed by atoms with van der Waals surface area (Å²) in [6.07, 6.45) is 6.07. The maximum absolute atomic E-state index is 13.1. The van der Waals surface area contributed by atoms with Crippen molar-refractivity contribution in [3.8, 4) is 29.6 Å². The van der Waals surface area contributed by atoms with Crippen LogP contribution < -0.4 is 9.64 Å². The third-order valence-electron chi connectivity index (χ3n) is 4.91. The van der Waals surface area contributed by atoms with Gasteiger partial charge in [-0.2, -0.15) is 0 Å².